The third-order valence-electron chi connectivity index (χ3n) is 2.66. The molecule has 0 saturated heterocycles. The molecule has 0 aromatic heterocycles. The van der Waals surface area contributed by atoms with Gasteiger partial charge in [0, 0.05) is 24.2 Å². The van der Waals surface area contributed by atoms with Crippen LogP contribution in [0.15, 0.2) is 23.4 Å². The topological polar surface area (TPSA) is 79.9 Å². The van der Waals surface area contributed by atoms with Crippen molar-refractivity contribution >= 4 is 11.5 Å². The van der Waals surface area contributed by atoms with Gasteiger partial charge in [0.1, 0.15) is 11.6 Å². The van der Waals surface area contributed by atoms with Gasteiger partial charge in [-0.15, -0.1) is 0 Å². The van der Waals surface area contributed by atoms with Crippen LogP contribution >= 0.6 is 0 Å². The molecule has 1 unspecified atom stereocenters. The van der Waals surface area contributed by atoms with Crippen LogP contribution in [0.3, 0.4) is 0 Å². The normalized spacial score (nSPS) is 13.2. The van der Waals surface area contributed by atoms with Crippen LogP contribution in [-0.4, -0.2) is 24.7 Å². The number of nitrogens with two attached hydrogens (primary N) is 1. The molecule has 4 N–H and O–H groups in total. The molecule has 0 aliphatic carbocycles. The lowest BCUT2D eigenvalue weighted by atomic mass is 10.1. The SMILES string of the molecule is COc1ccc(C)c(NCC(C)/C(N)=N/O)c1. The van der Waals surface area contributed by atoms with Crippen molar-refractivity contribution in [2.75, 3.05) is 19.0 Å². The molecule has 0 bridgehead atoms. The number of anilines is 1. The second-order valence-corrected chi connectivity index (χ2v) is 3.99. The summed E-state index contributed by atoms with van der Waals surface area (Å²) in [7, 11) is 1.63. The Hall–Kier alpha value is -1.91. The molecular formula is C12H19N3O2. The average molecular weight is 237 g/mol. The van der Waals surface area contributed by atoms with Crippen molar-refractivity contribution in [2.24, 2.45) is 16.8 Å². The van der Waals surface area contributed by atoms with Gasteiger partial charge in [-0.25, -0.2) is 0 Å². The largest absolute Gasteiger partial charge is 0.497 e. The summed E-state index contributed by atoms with van der Waals surface area (Å²) in [6.45, 7) is 4.50. The van der Waals surface area contributed by atoms with E-state index in [1.54, 1.807) is 7.11 Å². The van der Waals surface area contributed by atoms with Crippen molar-refractivity contribution in [3.8, 4) is 5.75 Å². The number of hydrogen-bond donors (Lipinski definition) is 3. The second kappa shape index (κ2) is 5.98. The summed E-state index contributed by atoms with van der Waals surface area (Å²) in [6.07, 6.45) is 0. The van der Waals surface area contributed by atoms with E-state index < -0.39 is 0 Å². The molecule has 0 amide bonds. The van der Waals surface area contributed by atoms with Crippen LogP contribution in [0.2, 0.25) is 0 Å². The Morgan fingerprint density at radius 3 is 2.88 bits per heavy atom. The fourth-order valence-corrected chi connectivity index (χ4v) is 1.38. The Kier molecular flexibility index (Phi) is 4.63. The van der Waals surface area contributed by atoms with E-state index in [-0.39, 0.29) is 11.8 Å². The Bertz CT molecular complexity index is 405. The lowest BCUT2D eigenvalue weighted by molar-refractivity contribution is 0.315. The minimum atomic E-state index is -0.0365. The number of nitrogens with zero attached hydrogens (tertiary/aromatic N) is 1. The van der Waals surface area contributed by atoms with Gasteiger partial charge in [-0.1, -0.05) is 18.1 Å². The number of ether oxygens (including phenoxy) is 1. The molecule has 0 radical (unpaired) electrons. The van der Waals surface area contributed by atoms with E-state index in [2.05, 4.69) is 10.5 Å². The molecule has 0 aliphatic rings. The van der Waals surface area contributed by atoms with E-state index >= 15 is 0 Å². The summed E-state index contributed by atoms with van der Waals surface area (Å²) in [6, 6.07) is 5.82. The number of amidine groups is 1. The lowest BCUT2D eigenvalue weighted by Gasteiger charge is -2.14. The van der Waals surface area contributed by atoms with Gasteiger partial charge in [-0.3, -0.25) is 0 Å². The summed E-state index contributed by atoms with van der Waals surface area (Å²) in [4.78, 5) is 0. The zero-order valence-electron chi connectivity index (χ0n) is 10.4. The van der Waals surface area contributed by atoms with Crippen LogP contribution in [0.4, 0.5) is 5.69 Å². The van der Waals surface area contributed by atoms with Gasteiger partial charge >= 0.3 is 0 Å². The molecule has 5 heteroatoms. The summed E-state index contributed by atoms with van der Waals surface area (Å²) >= 11 is 0. The van der Waals surface area contributed by atoms with Gasteiger partial charge in [0.15, 0.2) is 0 Å². The van der Waals surface area contributed by atoms with Crippen molar-refractivity contribution < 1.29 is 9.94 Å². The van der Waals surface area contributed by atoms with Crippen LogP contribution in [0, 0.1) is 12.8 Å². The molecule has 0 fully saturated rings. The first-order valence-electron chi connectivity index (χ1n) is 5.44. The third kappa shape index (κ3) is 3.55. The Balaban J connectivity index is 2.68. The zero-order chi connectivity index (χ0) is 12.8. The van der Waals surface area contributed by atoms with Crippen molar-refractivity contribution in [1.82, 2.24) is 0 Å². The molecular weight excluding hydrogens is 218 g/mol. The standard InChI is InChI=1S/C12H19N3O2/c1-8-4-5-10(17-3)6-11(8)14-7-9(2)12(13)15-16/h4-6,9,14,16H,7H2,1-3H3,(H2,13,15). The van der Waals surface area contributed by atoms with Gasteiger partial charge in [-0.2, -0.15) is 0 Å². The fourth-order valence-electron chi connectivity index (χ4n) is 1.38. The Morgan fingerprint density at radius 1 is 1.59 bits per heavy atom. The van der Waals surface area contributed by atoms with Crippen LogP contribution in [0.5, 0.6) is 5.75 Å². The minimum absolute atomic E-state index is 0.0365. The summed E-state index contributed by atoms with van der Waals surface area (Å²) in [5, 5.41) is 14.8. The maximum atomic E-state index is 8.55. The van der Waals surface area contributed by atoms with Gasteiger partial charge in [0.25, 0.3) is 0 Å². The molecule has 1 atom stereocenters. The number of hydrogen-bond acceptors (Lipinski definition) is 4. The molecule has 94 valence electrons. The lowest BCUT2D eigenvalue weighted by Crippen LogP contribution is -2.27. The van der Waals surface area contributed by atoms with E-state index in [1.807, 2.05) is 32.0 Å². The molecule has 1 aromatic rings. The smallest absolute Gasteiger partial charge is 0.143 e. The summed E-state index contributed by atoms with van der Waals surface area (Å²) in [5.74, 6) is 0.984. The number of nitrogens with one attached hydrogen (secondary N) is 1. The molecule has 1 aromatic carbocycles. The van der Waals surface area contributed by atoms with E-state index in [0.717, 1.165) is 17.0 Å². The highest BCUT2D eigenvalue weighted by Crippen LogP contribution is 2.21. The zero-order valence-corrected chi connectivity index (χ0v) is 10.4. The summed E-state index contributed by atoms with van der Waals surface area (Å²) in [5.41, 5.74) is 7.62. The fraction of sp³-hybridized carbons (Fsp3) is 0.417. The highest BCUT2D eigenvalue weighted by molar-refractivity contribution is 5.82. The number of aryl methyl sites for hydroxylation is 1. The van der Waals surface area contributed by atoms with Crippen molar-refractivity contribution in [3.63, 3.8) is 0 Å². The van der Waals surface area contributed by atoms with E-state index in [0.29, 0.717) is 6.54 Å². The molecule has 0 spiro atoms. The molecule has 5 nitrogen and oxygen atoms in total. The van der Waals surface area contributed by atoms with Gasteiger partial charge in [-0.05, 0) is 18.6 Å². The van der Waals surface area contributed by atoms with Crippen molar-refractivity contribution in [3.05, 3.63) is 23.8 Å². The van der Waals surface area contributed by atoms with Crippen LogP contribution < -0.4 is 15.8 Å². The van der Waals surface area contributed by atoms with Crippen LogP contribution in [0.1, 0.15) is 12.5 Å². The number of rotatable bonds is 5. The summed E-state index contributed by atoms with van der Waals surface area (Å²) < 4.78 is 5.16. The maximum absolute atomic E-state index is 8.55. The minimum Gasteiger partial charge on any atom is -0.497 e. The number of oxime groups is 1. The van der Waals surface area contributed by atoms with Gasteiger partial charge in [0.2, 0.25) is 0 Å². The molecule has 17 heavy (non-hydrogen) atoms. The first-order valence-corrected chi connectivity index (χ1v) is 5.44. The number of benzene rings is 1. The van der Waals surface area contributed by atoms with Gasteiger partial charge in [0.05, 0.1) is 7.11 Å². The second-order valence-electron chi connectivity index (χ2n) is 3.99. The van der Waals surface area contributed by atoms with E-state index in [4.69, 9.17) is 15.7 Å². The highest BCUT2D eigenvalue weighted by Gasteiger charge is 2.08. The maximum Gasteiger partial charge on any atom is 0.143 e. The molecule has 0 aliphatic heterocycles. The molecule has 0 heterocycles. The van der Waals surface area contributed by atoms with E-state index in [1.165, 1.54) is 0 Å². The predicted molar refractivity (Wildman–Crippen MR) is 68.8 cm³/mol. The van der Waals surface area contributed by atoms with Crippen molar-refractivity contribution in [2.45, 2.75) is 13.8 Å². The van der Waals surface area contributed by atoms with Crippen molar-refractivity contribution in [1.29, 1.82) is 0 Å². The third-order valence-corrected chi connectivity index (χ3v) is 2.66. The average Bonchev–Trinajstić information content (AvgIpc) is 2.36. The van der Waals surface area contributed by atoms with Crippen LogP contribution in [-0.2, 0) is 0 Å². The monoisotopic (exact) mass is 237 g/mol. The predicted octanol–water partition coefficient (Wildman–Crippen LogP) is 1.80. The number of methoxy groups -OCH3 is 1. The first-order chi connectivity index (χ1) is 8.08. The van der Waals surface area contributed by atoms with Gasteiger partial charge < -0.3 is 21.0 Å². The quantitative estimate of drug-likeness (QED) is 0.316. The van der Waals surface area contributed by atoms with Crippen LogP contribution in [0.25, 0.3) is 0 Å². The Morgan fingerprint density at radius 2 is 2.29 bits per heavy atom. The molecule has 1 rings (SSSR count). The first kappa shape index (κ1) is 13.2. The van der Waals surface area contributed by atoms with E-state index in [9.17, 15) is 0 Å². The highest BCUT2D eigenvalue weighted by atomic mass is 16.5. The Labute approximate surface area is 101 Å². The molecule has 0 saturated carbocycles.